The normalized spacial score (nSPS) is 11.9. The number of ether oxygens (including phenoxy) is 2. The van der Waals surface area contributed by atoms with Crippen molar-refractivity contribution >= 4 is 8.46 Å². The minimum Gasteiger partial charge on any atom is -0.337 e. The van der Waals surface area contributed by atoms with Crippen molar-refractivity contribution in [2.75, 3.05) is 13.2 Å². The van der Waals surface area contributed by atoms with E-state index in [1.54, 1.807) is 12.1 Å². The first-order valence-corrected chi connectivity index (χ1v) is 7.69. The van der Waals surface area contributed by atoms with Gasteiger partial charge in [-0.25, -0.2) is 0 Å². The molecule has 0 spiro atoms. The average Bonchev–Trinajstić information content (AvgIpc) is 2.47. The number of rotatable bonds is 10. The maximum Gasteiger partial charge on any atom is 0.278 e. The molecule has 0 aliphatic heterocycles. The Morgan fingerprint density at radius 1 is 1.11 bits per heavy atom. The van der Waals surface area contributed by atoms with Crippen LogP contribution in [0.15, 0.2) is 24.3 Å². The van der Waals surface area contributed by atoms with Gasteiger partial charge in [-0.3, -0.25) is 4.57 Å². The molecule has 3 nitrogen and oxygen atoms in total. The second kappa shape index (κ2) is 9.19. The summed E-state index contributed by atoms with van der Waals surface area (Å²) in [6.45, 7) is 5.26. The van der Waals surface area contributed by atoms with Gasteiger partial charge in [-0.1, -0.05) is 51.0 Å². The molecule has 0 atom stereocenters. The molecule has 4 heteroatoms. The lowest BCUT2D eigenvalue weighted by Crippen LogP contribution is -2.28. The Labute approximate surface area is 117 Å². The maximum absolute atomic E-state index is 11.7. The zero-order valence-corrected chi connectivity index (χ0v) is 12.6. The van der Waals surface area contributed by atoms with E-state index in [0.29, 0.717) is 13.2 Å². The van der Waals surface area contributed by atoms with Crippen molar-refractivity contribution < 1.29 is 14.0 Å². The second-order valence-corrected chi connectivity index (χ2v) is 5.14. The molecule has 0 unspecified atom stereocenters. The minimum atomic E-state index is -1.17. The zero-order chi connectivity index (χ0) is 14.0. The summed E-state index contributed by atoms with van der Waals surface area (Å²) < 4.78 is 23.2. The molecule has 0 amide bonds. The van der Waals surface area contributed by atoms with Crippen LogP contribution in [0.3, 0.4) is 0 Å². The molecule has 1 rings (SSSR count). The molecule has 0 aliphatic carbocycles. The van der Waals surface area contributed by atoms with Crippen molar-refractivity contribution in [3.63, 3.8) is 0 Å². The first kappa shape index (κ1) is 16.3. The van der Waals surface area contributed by atoms with Crippen LogP contribution in [0.1, 0.15) is 45.1 Å². The molecule has 1 aromatic rings. The Morgan fingerprint density at radius 2 is 1.63 bits per heavy atom. The lowest BCUT2D eigenvalue weighted by molar-refractivity contribution is -0.183. The Kier molecular flexibility index (Phi) is 7.88. The van der Waals surface area contributed by atoms with Crippen molar-refractivity contribution in [2.45, 2.75) is 45.1 Å². The molecule has 1 radical (unpaired) electrons. The highest BCUT2D eigenvalue weighted by molar-refractivity contribution is 7.24. The van der Waals surface area contributed by atoms with Crippen molar-refractivity contribution in [2.24, 2.45) is 0 Å². The maximum atomic E-state index is 11.7. The van der Waals surface area contributed by atoms with Gasteiger partial charge in [-0.05, 0) is 18.9 Å². The lowest BCUT2D eigenvalue weighted by atomic mass is 10.2. The zero-order valence-electron chi connectivity index (χ0n) is 11.7. The SMILES string of the molecule is CCCCOC(OCCCC)(P=O)c1cc[c]cc1. The van der Waals surface area contributed by atoms with Gasteiger partial charge in [0.1, 0.15) is 0 Å². The highest BCUT2D eigenvalue weighted by Gasteiger charge is 2.35. The average molecular weight is 281 g/mol. The highest BCUT2D eigenvalue weighted by atomic mass is 31.1. The summed E-state index contributed by atoms with van der Waals surface area (Å²) in [6.07, 6.45) is 3.91. The van der Waals surface area contributed by atoms with Crippen LogP contribution in [0.5, 0.6) is 0 Å². The predicted octanol–water partition coefficient (Wildman–Crippen LogP) is 4.52. The fourth-order valence-corrected chi connectivity index (χ4v) is 2.16. The van der Waals surface area contributed by atoms with E-state index in [-0.39, 0.29) is 8.46 Å². The summed E-state index contributed by atoms with van der Waals surface area (Å²) in [5, 5.41) is 0. The van der Waals surface area contributed by atoms with Crippen LogP contribution in [0, 0.1) is 6.07 Å². The molecule has 0 N–H and O–H groups in total. The first-order valence-electron chi connectivity index (χ1n) is 6.88. The Hall–Kier alpha value is -0.760. The number of benzene rings is 1. The van der Waals surface area contributed by atoms with Gasteiger partial charge in [0.05, 0.1) is 13.2 Å². The monoisotopic (exact) mass is 281 g/mol. The third-order valence-corrected chi connectivity index (χ3v) is 3.55. The van der Waals surface area contributed by atoms with Gasteiger partial charge in [-0.2, -0.15) is 0 Å². The largest absolute Gasteiger partial charge is 0.337 e. The summed E-state index contributed by atoms with van der Waals surface area (Å²) >= 11 is 0. The smallest absolute Gasteiger partial charge is 0.278 e. The van der Waals surface area contributed by atoms with Crippen LogP contribution < -0.4 is 0 Å². The molecule has 0 heterocycles. The van der Waals surface area contributed by atoms with Gasteiger partial charge in [0.15, 0.2) is 0 Å². The van der Waals surface area contributed by atoms with E-state index in [2.05, 4.69) is 19.9 Å². The quantitative estimate of drug-likeness (QED) is 0.359. The van der Waals surface area contributed by atoms with E-state index in [1.165, 1.54) is 0 Å². The molecule has 19 heavy (non-hydrogen) atoms. The third-order valence-electron chi connectivity index (χ3n) is 2.79. The first-order chi connectivity index (χ1) is 9.29. The lowest BCUT2D eigenvalue weighted by Gasteiger charge is -2.27. The second-order valence-electron chi connectivity index (χ2n) is 4.37. The van der Waals surface area contributed by atoms with Crippen LogP contribution in [-0.4, -0.2) is 13.2 Å². The number of unbranched alkanes of at least 4 members (excludes halogenated alkanes) is 2. The van der Waals surface area contributed by atoms with E-state index in [1.807, 2.05) is 12.1 Å². The molecule has 105 valence electrons. The van der Waals surface area contributed by atoms with Crippen molar-refractivity contribution in [1.29, 1.82) is 0 Å². The van der Waals surface area contributed by atoms with E-state index in [4.69, 9.17) is 9.47 Å². The Bertz CT molecular complexity index is 344. The van der Waals surface area contributed by atoms with Crippen LogP contribution in [0.25, 0.3) is 0 Å². The molecule has 0 saturated carbocycles. The van der Waals surface area contributed by atoms with Crippen LogP contribution in [0.4, 0.5) is 0 Å². The topological polar surface area (TPSA) is 35.5 Å². The van der Waals surface area contributed by atoms with Crippen LogP contribution >= 0.6 is 8.46 Å². The van der Waals surface area contributed by atoms with Crippen molar-refractivity contribution in [3.05, 3.63) is 35.9 Å². The summed E-state index contributed by atoms with van der Waals surface area (Å²) in [7, 11) is -0.163. The van der Waals surface area contributed by atoms with E-state index in [9.17, 15) is 4.57 Å². The third kappa shape index (κ3) is 5.02. The van der Waals surface area contributed by atoms with Gasteiger partial charge in [0, 0.05) is 5.56 Å². The predicted molar refractivity (Wildman–Crippen MR) is 76.3 cm³/mol. The molecular formula is C15H22O3P. The molecule has 0 aliphatic rings. The van der Waals surface area contributed by atoms with Gasteiger partial charge in [-0.15, -0.1) is 0 Å². The molecule has 0 saturated heterocycles. The van der Waals surface area contributed by atoms with Gasteiger partial charge in [0.2, 0.25) is 8.46 Å². The number of hydrogen-bond acceptors (Lipinski definition) is 3. The van der Waals surface area contributed by atoms with Gasteiger partial charge >= 0.3 is 0 Å². The summed E-state index contributed by atoms with van der Waals surface area (Å²) in [4.78, 5) is 0. The molecular weight excluding hydrogens is 259 g/mol. The molecule has 0 bridgehead atoms. The highest BCUT2D eigenvalue weighted by Crippen LogP contribution is 2.38. The Morgan fingerprint density at radius 3 is 2.05 bits per heavy atom. The van der Waals surface area contributed by atoms with E-state index < -0.39 is 5.53 Å². The van der Waals surface area contributed by atoms with Crippen LogP contribution in [-0.2, 0) is 19.6 Å². The molecule has 0 fully saturated rings. The molecule has 1 aromatic carbocycles. The van der Waals surface area contributed by atoms with Gasteiger partial charge in [0.25, 0.3) is 5.53 Å². The van der Waals surface area contributed by atoms with E-state index >= 15 is 0 Å². The summed E-state index contributed by atoms with van der Waals surface area (Å²) in [6, 6.07) is 10.2. The van der Waals surface area contributed by atoms with E-state index in [0.717, 1.165) is 31.2 Å². The summed E-state index contributed by atoms with van der Waals surface area (Å²) in [5.41, 5.74) is -0.394. The van der Waals surface area contributed by atoms with Crippen molar-refractivity contribution in [3.8, 4) is 0 Å². The fourth-order valence-electron chi connectivity index (χ4n) is 1.62. The van der Waals surface area contributed by atoms with Crippen LogP contribution in [0.2, 0.25) is 0 Å². The van der Waals surface area contributed by atoms with Gasteiger partial charge < -0.3 is 9.47 Å². The number of hydrogen-bond donors (Lipinski definition) is 0. The van der Waals surface area contributed by atoms with Crippen molar-refractivity contribution in [1.82, 2.24) is 0 Å². The minimum absolute atomic E-state index is 0.163. The standard InChI is InChI=1S/C15H22O3P/c1-3-5-12-17-15(19-16,18-13-6-4-2)14-10-8-7-9-11-14/h8-11H,3-6,12-13H2,1-2H3. The fraction of sp³-hybridized carbons (Fsp3) is 0.600. The summed E-state index contributed by atoms with van der Waals surface area (Å²) in [5.74, 6) is 0. The Balaban J connectivity index is 2.82. The molecule has 0 aromatic heterocycles.